The van der Waals surface area contributed by atoms with E-state index in [2.05, 4.69) is 173 Å². The summed E-state index contributed by atoms with van der Waals surface area (Å²) in [5.41, 5.74) is 9.84. The van der Waals surface area contributed by atoms with Crippen molar-refractivity contribution in [2.45, 2.75) is 0 Å². The Bertz CT molecular complexity index is 3410. The molecule has 0 spiro atoms. The predicted molar refractivity (Wildman–Crippen MR) is 217 cm³/mol. The Balaban J connectivity index is 1.21. The summed E-state index contributed by atoms with van der Waals surface area (Å²) < 4.78 is 4.75. The second-order valence-corrected chi connectivity index (χ2v) is 13.8. The van der Waals surface area contributed by atoms with E-state index in [1.165, 1.54) is 70.4 Å². The highest BCUT2D eigenvalue weighted by Crippen LogP contribution is 2.44. The molecule has 0 aliphatic carbocycles. The molecule has 12 aromatic rings. The molecule has 0 fully saturated rings. The highest BCUT2D eigenvalue weighted by atomic mass is 15.2. The van der Waals surface area contributed by atoms with E-state index in [-0.39, 0.29) is 0 Å². The van der Waals surface area contributed by atoms with Crippen molar-refractivity contribution in [3.8, 4) is 28.5 Å². The van der Waals surface area contributed by atoms with Crippen molar-refractivity contribution in [3.05, 3.63) is 170 Å². The molecule has 0 radical (unpaired) electrons. The first-order valence-electron chi connectivity index (χ1n) is 17.8. The lowest BCUT2D eigenvalue weighted by Gasteiger charge is -2.13. The van der Waals surface area contributed by atoms with Gasteiger partial charge in [0.05, 0.1) is 39.0 Å². The third kappa shape index (κ3) is 3.70. The van der Waals surface area contributed by atoms with Gasteiger partial charge in [-0.3, -0.25) is 4.57 Å². The minimum absolute atomic E-state index is 0.656. The van der Waals surface area contributed by atoms with E-state index >= 15 is 0 Å². The quantitative estimate of drug-likeness (QED) is 0.189. The van der Waals surface area contributed by atoms with Crippen LogP contribution in [0.3, 0.4) is 0 Å². The van der Waals surface area contributed by atoms with Crippen molar-refractivity contribution in [3.63, 3.8) is 0 Å². The molecule has 52 heavy (non-hydrogen) atoms. The number of hydrogen-bond acceptors (Lipinski definition) is 2. The SMILES string of the molecule is c1ccc(-c2cc(-c3ccc4ccccc4c3)nc(-n3c4ccccc4c4ccc5c(ccc6c5c5cccc7c8ccccc8n6c75)c43)n2)cc1. The molecule has 0 saturated carbocycles. The third-order valence-electron chi connectivity index (χ3n) is 11.0. The fraction of sp³-hybridized carbons (Fsp3) is 0. The second kappa shape index (κ2) is 10.3. The molecule has 4 nitrogen and oxygen atoms in total. The molecule has 0 saturated heterocycles. The van der Waals surface area contributed by atoms with E-state index < -0.39 is 0 Å². The molecule has 0 amide bonds. The van der Waals surface area contributed by atoms with Crippen LogP contribution in [0.2, 0.25) is 0 Å². The molecule has 8 aromatic carbocycles. The fourth-order valence-electron chi connectivity index (χ4n) is 8.79. The second-order valence-electron chi connectivity index (χ2n) is 13.8. The molecule has 0 N–H and O–H groups in total. The maximum atomic E-state index is 5.40. The first kappa shape index (κ1) is 27.7. The van der Waals surface area contributed by atoms with Gasteiger partial charge in [-0.05, 0) is 46.5 Å². The standard InChI is InChI=1S/C48H28N4/c1-2-12-30(13-3-1)40-28-41(32-22-21-29-11-4-5-14-31(29)27-32)50-48(49-40)52-43-20-9-7-16-34(43)37-24-23-35-38(46(37)52)25-26-44-45(35)39-18-10-17-36-33-15-6-8-19-42(33)51(44)47(36)39/h1-28H. The topological polar surface area (TPSA) is 35.1 Å². The number of rotatable bonds is 3. The van der Waals surface area contributed by atoms with E-state index in [0.29, 0.717) is 5.95 Å². The van der Waals surface area contributed by atoms with Gasteiger partial charge in [0.2, 0.25) is 5.95 Å². The van der Waals surface area contributed by atoms with Gasteiger partial charge in [-0.2, -0.15) is 0 Å². The zero-order valence-electron chi connectivity index (χ0n) is 28.0. The summed E-state index contributed by atoms with van der Waals surface area (Å²) in [6, 6.07) is 61.0. The van der Waals surface area contributed by atoms with E-state index in [1.54, 1.807) is 0 Å². The van der Waals surface area contributed by atoms with Crippen LogP contribution in [-0.2, 0) is 0 Å². The van der Waals surface area contributed by atoms with Crippen molar-refractivity contribution >= 4 is 81.4 Å². The Morgan fingerprint density at radius 3 is 1.83 bits per heavy atom. The van der Waals surface area contributed by atoms with Crippen LogP contribution in [0.1, 0.15) is 0 Å². The molecule has 240 valence electrons. The average Bonchev–Trinajstić information content (AvgIpc) is 3.86. The minimum atomic E-state index is 0.656. The van der Waals surface area contributed by atoms with Gasteiger partial charge < -0.3 is 4.40 Å². The summed E-state index contributed by atoms with van der Waals surface area (Å²) in [4.78, 5) is 10.7. The summed E-state index contributed by atoms with van der Waals surface area (Å²) in [5.74, 6) is 0.656. The maximum Gasteiger partial charge on any atom is 0.235 e. The van der Waals surface area contributed by atoms with Gasteiger partial charge in [-0.1, -0.05) is 140 Å². The van der Waals surface area contributed by atoms with E-state index in [0.717, 1.165) is 33.5 Å². The van der Waals surface area contributed by atoms with Crippen molar-refractivity contribution in [1.82, 2.24) is 18.9 Å². The van der Waals surface area contributed by atoms with Crippen LogP contribution < -0.4 is 0 Å². The normalized spacial score (nSPS) is 12.2. The third-order valence-corrected chi connectivity index (χ3v) is 11.0. The largest absolute Gasteiger partial charge is 0.308 e. The van der Waals surface area contributed by atoms with Crippen LogP contribution in [0.15, 0.2) is 170 Å². The molecular formula is C48H28N4. The highest BCUT2D eigenvalue weighted by Gasteiger charge is 2.22. The number of hydrogen-bond donors (Lipinski definition) is 0. The zero-order valence-corrected chi connectivity index (χ0v) is 28.0. The van der Waals surface area contributed by atoms with Crippen molar-refractivity contribution in [2.75, 3.05) is 0 Å². The van der Waals surface area contributed by atoms with E-state index in [9.17, 15) is 0 Å². The van der Waals surface area contributed by atoms with Crippen LogP contribution in [0.5, 0.6) is 0 Å². The molecule has 4 aromatic heterocycles. The van der Waals surface area contributed by atoms with Gasteiger partial charge in [0.25, 0.3) is 0 Å². The Labute approximate surface area is 297 Å². The summed E-state index contributed by atoms with van der Waals surface area (Å²) in [6.45, 7) is 0. The molecular weight excluding hydrogens is 633 g/mol. The Morgan fingerprint density at radius 1 is 0.346 bits per heavy atom. The van der Waals surface area contributed by atoms with Crippen molar-refractivity contribution in [1.29, 1.82) is 0 Å². The van der Waals surface area contributed by atoms with Crippen molar-refractivity contribution in [2.24, 2.45) is 0 Å². The number of fused-ring (bicyclic) bond motifs is 13. The van der Waals surface area contributed by atoms with Crippen LogP contribution in [0.25, 0.3) is 110 Å². The smallest absolute Gasteiger partial charge is 0.235 e. The van der Waals surface area contributed by atoms with Crippen LogP contribution in [0, 0.1) is 0 Å². The van der Waals surface area contributed by atoms with Gasteiger partial charge in [-0.15, -0.1) is 0 Å². The summed E-state index contributed by atoms with van der Waals surface area (Å²) in [7, 11) is 0. The lowest BCUT2D eigenvalue weighted by molar-refractivity contribution is 0.998. The molecule has 0 bridgehead atoms. The first-order chi connectivity index (χ1) is 25.8. The number of nitrogens with zero attached hydrogens (tertiary/aromatic N) is 4. The molecule has 0 unspecified atom stereocenters. The summed E-state index contributed by atoms with van der Waals surface area (Å²) >= 11 is 0. The lowest BCUT2D eigenvalue weighted by atomic mass is 10.00. The molecule has 0 aliphatic heterocycles. The molecule has 4 heteroatoms. The van der Waals surface area contributed by atoms with Gasteiger partial charge in [0.1, 0.15) is 0 Å². The molecule has 0 aliphatic rings. The first-order valence-corrected chi connectivity index (χ1v) is 17.8. The van der Waals surface area contributed by atoms with E-state index in [1.807, 2.05) is 6.07 Å². The van der Waals surface area contributed by atoms with Crippen LogP contribution >= 0.6 is 0 Å². The number of aromatic nitrogens is 4. The van der Waals surface area contributed by atoms with Gasteiger partial charge >= 0.3 is 0 Å². The van der Waals surface area contributed by atoms with Gasteiger partial charge in [0.15, 0.2) is 0 Å². The van der Waals surface area contributed by atoms with Crippen LogP contribution in [0.4, 0.5) is 0 Å². The monoisotopic (exact) mass is 660 g/mol. The zero-order chi connectivity index (χ0) is 33.9. The number of para-hydroxylation sites is 3. The summed E-state index contributed by atoms with van der Waals surface area (Å²) in [5, 5.41) is 12.3. The van der Waals surface area contributed by atoms with Crippen molar-refractivity contribution < 1.29 is 0 Å². The van der Waals surface area contributed by atoms with E-state index in [4.69, 9.17) is 9.97 Å². The Hall–Kier alpha value is -7.04. The molecule has 12 rings (SSSR count). The van der Waals surface area contributed by atoms with Gasteiger partial charge in [-0.25, -0.2) is 9.97 Å². The Morgan fingerprint density at radius 2 is 0.962 bits per heavy atom. The van der Waals surface area contributed by atoms with Gasteiger partial charge in [0, 0.05) is 48.8 Å². The Kier molecular flexibility index (Phi) is 5.47. The summed E-state index contributed by atoms with van der Waals surface area (Å²) in [6.07, 6.45) is 0. The lowest BCUT2D eigenvalue weighted by Crippen LogP contribution is -2.04. The van der Waals surface area contributed by atoms with Crippen LogP contribution in [-0.4, -0.2) is 18.9 Å². The minimum Gasteiger partial charge on any atom is -0.308 e. The molecule has 4 heterocycles. The highest BCUT2D eigenvalue weighted by molar-refractivity contribution is 6.31. The number of benzene rings is 8. The maximum absolute atomic E-state index is 5.40. The average molecular weight is 661 g/mol. The fourth-order valence-corrected chi connectivity index (χ4v) is 8.79. The predicted octanol–water partition coefficient (Wildman–Crippen LogP) is 12.4. The molecule has 0 atom stereocenters.